The van der Waals surface area contributed by atoms with E-state index >= 15 is 0 Å². The van der Waals surface area contributed by atoms with E-state index in [-0.39, 0.29) is 0 Å². The van der Waals surface area contributed by atoms with Crippen LogP contribution in [0.4, 0.5) is 5.82 Å². The van der Waals surface area contributed by atoms with E-state index in [2.05, 4.69) is 35.0 Å². The molecule has 1 aromatic rings. The molecule has 20 heavy (non-hydrogen) atoms. The van der Waals surface area contributed by atoms with Crippen molar-refractivity contribution in [3.63, 3.8) is 0 Å². The van der Waals surface area contributed by atoms with Crippen LogP contribution in [0.15, 0.2) is 0 Å². The lowest BCUT2D eigenvalue weighted by Crippen LogP contribution is -2.37. The molecule has 0 aromatic carbocycles. The Morgan fingerprint density at radius 1 is 1.25 bits per heavy atom. The van der Waals surface area contributed by atoms with Crippen LogP contribution in [0.2, 0.25) is 0 Å². The minimum Gasteiger partial charge on any atom is -0.354 e. The number of hydrogen-bond donors (Lipinski definition) is 1. The van der Waals surface area contributed by atoms with Crippen molar-refractivity contribution in [1.29, 1.82) is 5.26 Å². The highest BCUT2D eigenvalue weighted by Crippen LogP contribution is 2.27. The van der Waals surface area contributed by atoms with Crippen molar-refractivity contribution in [2.24, 2.45) is 11.7 Å². The molecule has 0 radical (unpaired) electrons. The van der Waals surface area contributed by atoms with Gasteiger partial charge in [0.15, 0.2) is 5.82 Å². The molecule has 1 aliphatic rings. The predicted molar refractivity (Wildman–Crippen MR) is 79.5 cm³/mol. The molecular formula is C15H23N5. The van der Waals surface area contributed by atoms with Gasteiger partial charge in [0, 0.05) is 13.1 Å². The quantitative estimate of drug-likeness (QED) is 0.902. The molecule has 0 bridgehead atoms. The van der Waals surface area contributed by atoms with Gasteiger partial charge >= 0.3 is 0 Å². The molecule has 0 atom stereocenters. The summed E-state index contributed by atoms with van der Waals surface area (Å²) in [6, 6.07) is 2.34. The van der Waals surface area contributed by atoms with Gasteiger partial charge in [0.05, 0.1) is 5.69 Å². The van der Waals surface area contributed by atoms with Crippen LogP contribution in [-0.4, -0.2) is 29.8 Å². The third-order valence-electron chi connectivity index (χ3n) is 4.19. The fraction of sp³-hybridized carbons (Fsp3) is 0.667. The van der Waals surface area contributed by atoms with Gasteiger partial charge in [-0.1, -0.05) is 13.8 Å². The summed E-state index contributed by atoms with van der Waals surface area (Å²) < 4.78 is 0. The molecule has 2 heterocycles. The van der Waals surface area contributed by atoms with E-state index in [1.165, 1.54) is 0 Å². The SMILES string of the molecule is CCc1nnc(N2CCC(CN)CC2)c(C#N)c1CC. The zero-order valence-electron chi connectivity index (χ0n) is 12.4. The number of nitriles is 1. The molecule has 108 valence electrons. The first-order valence-electron chi connectivity index (χ1n) is 7.48. The molecule has 0 aliphatic carbocycles. The van der Waals surface area contributed by atoms with Crippen LogP contribution in [0.5, 0.6) is 0 Å². The fourth-order valence-electron chi connectivity index (χ4n) is 2.88. The van der Waals surface area contributed by atoms with Crippen LogP contribution in [0.25, 0.3) is 0 Å². The van der Waals surface area contributed by atoms with E-state index in [0.29, 0.717) is 11.5 Å². The van der Waals surface area contributed by atoms with Crippen LogP contribution in [0.1, 0.15) is 43.5 Å². The maximum atomic E-state index is 9.51. The monoisotopic (exact) mass is 273 g/mol. The largest absolute Gasteiger partial charge is 0.354 e. The van der Waals surface area contributed by atoms with Gasteiger partial charge < -0.3 is 10.6 Å². The first-order chi connectivity index (χ1) is 9.74. The molecule has 1 aliphatic heterocycles. The number of hydrogen-bond acceptors (Lipinski definition) is 5. The van der Waals surface area contributed by atoms with Crippen molar-refractivity contribution in [2.75, 3.05) is 24.5 Å². The van der Waals surface area contributed by atoms with Crippen molar-refractivity contribution in [3.8, 4) is 6.07 Å². The standard InChI is InChI=1S/C15H23N5/c1-3-12-13(10-17)15(19-18-14(12)4-2)20-7-5-11(9-16)6-8-20/h11H,3-9,16H2,1-2H3. The topological polar surface area (TPSA) is 78.8 Å². The van der Waals surface area contributed by atoms with Crippen molar-refractivity contribution in [2.45, 2.75) is 39.5 Å². The van der Waals surface area contributed by atoms with Gasteiger partial charge in [0.2, 0.25) is 0 Å². The van der Waals surface area contributed by atoms with Gasteiger partial charge in [0.25, 0.3) is 0 Å². The first-order valence-corrected chi connectivity index (χ1v) is 7.48. The van der Waals surface area contributed by atoms with E-state index in [4.69, 9.17) is 5.73 Å². The van der Waals surface area contributed by atoms with Crippen molar-refractivity contribution < 1.29 is 0 Å². The summed E-state index contributed by atoms with van der Waals surface area (Å²) in [7, 11) is 0. The Balaban J connectivity index is 2.31. The minimum atomic E-state index is 0.602. The Morgan fingerprint density at radius 3 is 2.45 bits per heavy atom. The molecule has 1 saturated heterocycles. The molecule has 0 saturated carbocycles. The Morgan fingerprint density at radius 2 is 1.95 bits per heavy atom. The van der Waals surface area contributed by atoms with Crippen LogP contribution < -0.4 is 10.6 Å². The molecular weight excluding hydrogens is 250 g/mol. The first kappa shape index (κ1) is 14.7. The van der Waals surface area contributed by atoms with Crippen molar-refractivity contribution in [1.82, 2.24) is 10.2 Å². The Kier molecular flexibility index (Phi) is 4.91. The highest BCUT2D eigenvalue weighted by Gasteiger charge is 2.23. The summed E-state index contributed by atoms with van der Waals surface area (Å²) in [5.41, 5.74) is 8.45. The average molecular weight is 273 g/mol. The molecule has 0 amide bonds. The van der Waals surface area contributed by atoms with Gasteiger partial charge in [-0.25, -0.2) is 0 Å². The van der Waals surface area contributed by atoms with E-state index in [0.717, 1.165) is 62.4 Å². The third-order valence-corrected chi connectivity index (χ3v) is 4.19. The van der Waals surface area contributed by atoms with Gasteiger partial charge in [-0.05, 0) is 43.7 Å². The second kappa shape index (κ2) is 6.67. The smallest absolute Gasteiger partial charge is 0.169 e. The van der Waals surface area contributed by atoms with Gasteiger partial charge in [-0.3, -0.25) is 0 Å². The summed E-state index contributed by atoms with van der Waals surface area (Å²) >= 11 is 0. The van der Waals surface area contributed by atoms with Crippen molar-refractivity contribution >= 4 is 5.82 Å². The third kappa shape index (κ3) is 2.75. The Hall–Kier alpha value is -1.67. The molecule has 0 unspecified atom stereocenters. The summed E-state index contributed by atoms with van der Waals surface area (Å²) in [6.07, 6.45) is 3.79. The fourth-order valence-corrected chi connectivity index (χ4v) is 2.88. The Bertz CT molecular complexity index is 498. The number of nitrogens with two attached hydrogens (primary N) is 1. The van der Waals surface area contributed by atoms with E-state index in [1.54, 1.807) is 0 Å². The molecule has 5 heteroatoms. The van der Waals surface area contributed by atoms with Gasteiger partial charge in [-0.2, -0.15) is 10.4 Å². The molecule has 1 aromatic heterocycles. The van der Waals surface area contributed by atoms with Crippen LogP contribution in [-0.2, 0) is 12.8 Å². The number of anilines is 1. The number of piperidine rings is 1. The predicted octanol–water partition coefficient (Wildman–Crippen LogP) is 1.65. The lowest BCUT2D eigenvalue weighted by atomic mass is 9.96. The maximum absolute atomic E-state index is 9.51. The number of rotatable bonds is 4. The lowest BCUT2D eigenvalue weighted by Gasteiger charge is -2.32. The minimum absolute atomic E-state index is 0.602. The second-order valence-corrected chi connectivity index (χ2v) is 5.31. The second-order valence-electron chi connectivity index (χ2n) is 5.31. The number of aromatic nitrogens is 2. The summed E-state index contributed by atoms with van der Waals surface area (Å²) in [4.78, 5) is 2.19. The highest BCUT2D eigenvalue weighted by molar-refractivity contribution is 5.58. The highest BCUT2D eigenvalue weighted by atomic mass is 15.3. The molecule has 1 fully saturated rings. The van der Waals surface area contributed by atoms with Crippen LogP contribution in [0.3, 0.4) is 0 Å². The Labute approximate surface area is 120 Å². The average Bonchev–Trinajstić information content (AvgIpc) is 2.53. The zero-order chi connectivity index (χ0) is 14.5. The lowest BCUT2D eigenvalue weighted by molar-refractivity contribution is 0.412. The number of aryl methyl sites for hydroxylation is 1. The van der Waals surface area contributed by atoms with Gasteiger partial charge in [0.1, 0.15) is 11.6 Å². The normalized spacial score (nSPS) is 16.2. The summed E-state index contributed by atoms with van der Waals surface area (Å²) in [5.74, 6) is 1.36. The maximum Gasteiger partial charge on any atom is 0.169 e. The summed E-state index contributed by atoms with van der Waals surface area (Å²) in [5, 5.41) is 18.2. The van der Waals surface area contributed by atoms with Crippen LogP contribution in [0, 0.1) is 17.2 Å². The van der Waals surface area contributed by atoms with Gasteiger partial charge in [-0.15, -0.1) is 5.10 Å². The number of nitrogens with zero attached hydrogens (tertiary/aromatic N) is 4. The van der Waals surface area contributed by atoms with Crippen molar-refractivity contribution in [3.05, 3.63) is 16.8 Å². The molecule has 2 N–H and O–H groups in total. The molecule has 0 spiro atoms. The van der Waals surface area contributed by atoms with E-state index in [1.807, 2.05) is 0 Å². The van der Waals surface area contributed by atoms with E-state index in [9.17, 15) is 5.26 Å². The zero-order valence-corrected chi connectivity index (χ0v) is 12.4. The molecule has 2 rings (SSSR count). The van der Waals surface area contributed by atoms with Crippen LogP contribution >= 0.6 is 0 Å². The van der Waals surface area contributed by atoms with E-state index < -0.39 is 0 Å². The summed E-state index contributed by atoms with van der Waals surface area (Å²) in [6.45, 7) is 6.71. The molecule has 5 nitrogen and oxygen atoms in total.